The fraction of sp³-hybridized carbons (Fsp3) is 0.538. The highest BCUT2D eigenvalue weighted by molar-refractivity contribution is 9.10. The van der Waals surface area contributed by atoms with Gasteiger partial charge in [0.1, 0.15) is 0 Å². The second kappa shape index (κ2) is 6.13. The Kier molecular flexibility index (Phi) is 5.26. The molecule has 0 atom stereocenters. The first-order valence-electron chi connectivity index (χ1n) is 6.13. The van der Waals surface area contributed by atoms with Gasteiger partial charge in [0.25, 0.3) is 0 Å². The van der Waals surface area contributed by atoms with E-state index in [-0.39, 0.29) is 12.2 Å². The summed E-state index contributed by atoms with van der Waals surface area (Å²) in [6, 6.07) is 4.10. The molecule has 0 radical (unpaired) electrons. The normalized spacial score (nSPS) is 12.6. The summed E-state index contributed by atoms with van der Waals surface area (Å²) in [6.07, 6.45) is -3.07. The Balaban J connectivity index is 3.21. The lowest BCUT2D eigenvalue weighted by atomic mass is 9.92. The average molecular weight is 339 g/mol. The van der Waals surface area contributed by atoms with Crippen LogP contribution in [0.1, 0.15) is 32.3 Å². The van der Waals surface area contributed by atoms with E-state index < -0.39 is 17.3 Å². The quantitative estimate of drug-likeness (QED) is 0.835. The van der Waals surface area contributed by atoms with Crippen LogP contribution in [0.2, 0.25) is 0 Å². The summed E-state index contributed by atoms with van der Waals surface area (Å²) < 4.78 is 39.5. The molecule has 0 saturated carbocycles. The molecule has 0 aliphatic carbocycles. The molecule has 1 rings (SSSR count). The van der Waals surface area contributed by atoms with Gasteiger partial charge in [-0.3, -0.25) is 0 Å². The van der Waals surface area contributed by atoms with E-state index in [1.807, 2.05) is 13.8 Å². The summed E-state index contributed by atoms with van der Waals surface area (Å²) in [6.45, 7) is 4.11. The SMILES string of the molecule is CCC(CC)(CN)Nc1ccc(Br)cc1C(F)(F)F. The molecule has 0 heterocycles. The topological polar surface area (TPSA) is 38.0 Å². The number of nitrogens with two attached hydrogens (primary N) is 1. The smallest absolute Gasteiger partial charge is 0.378 e. The van der Waals surface area contributed by atoms with Crippen LogP contribution in [0.25, 0.3) is 0 Å². The van der Waals surface area contributed by atoms with Gasteiger partial charge in [-0.15, -0.1) is 0 Å². The molecule has 0 unspecified atom stereocenters. The van der Waals surface area contributed by atoms with Crippen LogP contribution in [0.15, 0.2) is 22.7 Å². The first-order chi connectivity index (χ1) is 8.78. The number of nitrogens with one attached hydrogen (secondary N) is 1. The zero-order chi connectivity index (χ0) is 14.7. The molecular formula is C13H18BrF3N2. The van der Waals surface area contributed by atoms with E-state index >= 15 is 0 Å². The Morgan fingerprint density at radius 3 is 2.21 bits per heavy atom. The van der Waals surface area contributed by atoms with Gasteiger partial charge in [-0.25, -0.2) is 0 Å². The van der Waals surface area contributed by atoms with Crippen molar-refractivity contribution in [2.75, 3.05) is 11.9 Å². The Bertz CT molecular complexity index is 420. The van der Waals surface area contributed by atoms with Crippen LogP contribution in [-0.4, -0.2) is 12.1 Å². The fourth-order valence-corrected chi connectivity index (χ4v) is 2.27. The van der Waals surface area contributed by atoms with E-state index in [9.17, 15) is 13.2 Å². The summed E-state index contributed by atoms with van der Waals surface area (Å²) in [4.78, 5) is 0. The summed E-state index contributed by atoms with van der Waals surface area (Å²) in [7, 11) is 0. The average Bonchev–Trinajstić information content (AvgIpc) is 2.37. The third-order valence-corrected chi connectivity index (χ3v) is 3.92. The molecule has 0 bridgehead atoms. The zero-order valence-corrected chi connectivity index (χ0v) is 12.5. The van der Waals surface area contributed by atoms with E-state index in [2.05, 4.69) is 21.2 Å². The van der Waals surface area contributed by atoms with Crippen molar-refractivity contribution in [3.05, 3.63) is 28.2 Å². The summed E-state index contributed by atoms with van der Waals surface area (Å²) in [5, 5.41) is 2.98. The number of anilines is 1. The molecule has 0 aliphatic rings. The molecule has 0 amide bonds. The maximum atomic E-state index is 13.0. The molecule has 0 saturated heterocycles. The van der Waals surface area contributed by atoms with Crippen LogP contribution < -0.4 is 11.1 Å². The van der Waals surface area contributed by atoms with Crippen molar-refractivity contribution in [3.63, 3.8) is 0 Å². The number of hydrogen-bond acceptors (Lipinski definition) is 2. The van der Waals surface area contributed by atoms with Gasteiger partial charge < -0.3 is 11.1 Å². The lowest BCUT2D eigenvalue weighted by molar-refractivity contribution is -0.137. The van der Waals surface area contributed by atoms with Gasteiger partial charge in [-0.05, 0) is 31.0 Å². The largest absolute Gasteiger partial charge is 0.418 e. The van der Waals surface area contributed by atoms with Gasteiger partial charge in [0, 0.05) is 22.2 Å². The standard InChI is InChI=1S/C13H18BrF3N2/c1-3-12(4-2,8-18)19-11-6-5-9(14)7-10(11)13(15,16)17/h5-7,19H,3-4,8,18H2,1-2H3. The number of benzene rings is 1. The second-order valence-corrected chi connectivity index (χ2v) is 5.42. The molecule has 0 aromatic heterocycles. The van der Waals surface area contributed by atoms with Gasteiger partial charge in [0.2, 0.25) is 0 Å². The van der Waals surface area contributed by atoms with Crippen LogP contribution >= 0.6 is 15.9 Å². The minimum Gasteiger partial charge on any atom is -0.378 e. The highest BCUT2D eigenvalue weighted by Crippen LogP contribution is 2.38. The summed E-state index contributed by atoms with van der Waals surface area (Å²) in [5.74, 6) is 0. The third-order valence-electron chi connectivity index (χ3n) is 3.43. The molecule has 2 nitrogen and oxygen atoms in total. The van der Waals surface area contributed by atoms with Crippen molar-refractivity contribution < 1.29 is 13.2 Å². The minimum absolute atomic E-state index is 0.0739. The number of alkyl halides is 3. The second-order valence-electron chi connectivity index (χ2n) is 4.50. The lowest BCUT2D eigenvalue weighted by Crippen LogP contribution is -2.44. The van der Waals surface area contributed by atoms with E-state index in [0.29, 0.717) is 17.3 Å². The highest BCUT2D eigenvalue weighted by atomic mass is 79.9. The Hall–Kier alpha value is -0.750. The van der Waals surface area contributed by atoms with E-state index in [1.54, 1.807) is 6.07 Å². The van der Waals surface area contributed by atoms with Crippen molar-refractivity contribution in [1.29, 1.82) is 0 Å². The Labute approximate surface area is 119 Å². The number of rotatable bonds is 5. The van der Waals surface area contributed by atoms with Crippen molar-refractivity contribution in [2.24, 2.45) is 5.73 Å². The molecule has 0 aliphatic heterocycles. The van der Waals surface area contributed by atoms with Crippen molar-refractivity contribution >= 4 is 21.6 Å². The Morgan fingerprint density at radius 1 is 1.21 bits per heavy atom. The van der Waals surface area contributed by atoms with E-state index in [0.717, 1.165) is 6.07 Å². The van der Waals surface area contributed by atoms with Crippen LogP contribution in [0.4, 0.5) is 18.9 Å². The number of halogens is 4. The van der Waals surface area contributed by atoms with E-state index in [4.69, 9.17) is 5.73 Å². The molecule has 3 N–H and O–H groups in total. The number of hydrogen-bond donors (Lipinski definition) is 2. The molecule has 6 heteroatoms. The molecule has 0 fully saturated rings. The summed E-state index contributed by atoms with van der Waals surface area (Å²) >= 11 is 3.07. The fourth-order valence-electron chi connectivity index (χ4n) is 1.91. The van der Waals surface area contributed by atoms with E-state index in [1.165, 1.54) is 6.07 Å². The maximum absolute atomic E-state index is 13.0. The first-order valence-corrected chi connectivity index (χ1v) is 6.92. The summed E-state index contributed by atoms with van der Waals surface area (Å²) in [5.41, 5.74) is 4.60. The van der Waals surface area contributed by atoms with Crippen molar-refractivity contribution in [1.82, 2.24) is 0 Å². The van der Waals surface area contributed by atoms with Gasteiger partial charge >= 0.3 is 6.18 Å². The highest BCUT2D eigenvalue weighted by Gasteiger charge is 2.35. The molecule has 108 valence electrons. The van der Waals surface area contributed by atoms with Gasteiger partial charge in [0.05, 0.1) is 5.56 Å². The van der Waals surface area contributed by atoms with Crippen LogP contribution in [-0.2, 0) is 6.18 Å². The molecule has 19 heavy (non-hydrogen) atoms. The lowest BCUT2D eigenvalue weighted by Gasteiger charge is -2.33. The minimum atomic E-state index is -4.39. The third kappa shape index (κ3) is 3.86. The maximum Gasteiger partial charge on any atom is 0.418 e. The molecular weight excluding hydrogens is 321 g/mol. The van der Waals surface area contributed by atoms with Crippen molar-refractivity contribution in [3.8, 4) is 0 Å². The monoisotopic (exact) mass is 338 g/mol. The van der Waals surface area contributed by atoms with Gasteiger partial charge in [0.15, 0.2) is 0 Å². The van der Waals surface area contributed by atoms with Crippen LogP contribution in [0.3, 0.4) is 0 Å². The first kappa shape index (κ1) is 16.3. The predicted molar refractivity (Wildman–Crippen MR) is 75.1 cm³/mol. The van der Waals surface area contributed by atoms with Crippen LogP contribution in [0, 0.1) is 0 Å². The molecule has 1 aromatic rings. The van der Waals surface area contributed by atoms with Crippen molar-refractivity contribution in [2.45, 2.75) is 38.4 Å². The zero-order valence-electron chi connectivity index (χ0n) is 10.9. The predicted octanol–water partition coefficient (Wildman–Crippen LogP) is 4.40. The Morgan fingerprint density at radius 2 is 1.79 bits per heavy atom. The molecule has 0 spiro atoms. The van der Waals surface area contributed by atoms with Gasteiger partial charge in [-0.2, -0.15) is 13.2 Å². The molecule has 1 aromatic carbocycles. The van der Waals surface area contributed by atoms with Gasteiger partial charge in [-0.1, -0.05) is 29.8 Å². The van der Waals surface area contributed by atoms with Crippen LogP contribution in [0.5, 0.6) is 0 Å².